The van der Waals surface area contributed by atoms with Gasteiger partial charge in [-0.1, -0.05) is 25.4 Å². The number of ketones is 1. The molecule has 1 aromatic rings. The van der Waals surface area contributed by atoms with Crippen molar-refractivity contribution in [2.75, 3.05) is 26.8 Å². The van der Waals surface area contributed by atoms with Crippen LogP contribution in [0.15, 0.2) is 6.07 Å². The normalized spacial score (nSPS) is 14.2. The van der Waals surface area contributed by atoms with Gasteiger partial charge in [0.25, 0.3) is 0 Å². The van der Waals surface area contributed by atoms with Crippen molar-refractivity contribution in [3.05, 3.63) is 22.2 Å². The Morgan fingerprint density at radius 1 is 1.35 bits per heavy atom. The zero-order chi connectivity index (χ0) is 14.7. The van der Waals surface area contributed by atoms with E-state index in [4.69, 9.17) is 21.1 Å². The third kappa shape index (κ3) is 2.91. The lowest BCUT2D eigenvalue weighted by molar-refractivity contribution is 0.0991. The molecule has 1 aromatic carbocycles. The fraction of sp³-hybridized carbons (Fsp3) is 0.533. The number of likely N-dealkylation sites (N-methyl/N-ethyl adjacent to an activating group) is 1. The number of ether oxygens (including phenoxy) is 2. The summed E-state index contributed by atoms with van der Waals surface area (Å²) in [6, 6.07) is 1.70. The molecule has 5 heteroatoms. The predicted octanol–water partition coefficient (Wildman–Crippen LogP) is 3.03. The lowest BCUT2D eigenvalue weighted by Crippen LogP contribution is -2.20. The SMILES string of the molecule is CNCC(=O)c1cc(Cl)c2c(c1C(C)C)OCCCO2. The van der Waals surface area contributed by atoms with Crippen LogP contribution in [0.5, 0.6) is 11.5 Å². The Bertz CT molecular complexity index is 514. The van der Waals surface area contributed by atoms with E-state index < -0.39 is 0 Å². The number of Topliss-reactive ketones (excluding diaryl/α,β-unsaturated/α-hetero) is 1. The fourth-order valence-corrected chi connectivity index (χ4v) is 2.62. The van der Waals surface area contributed by atoms with Gasteiger partial charge in [0.1, 0.15) is 0 Å². The number of hydrogen-bond donors (Lipinski definition) is 1. The van der Waals surface area contributed by atoms with Crippen LogP contribution in [0.25, 0.3) is 0 Å². The van der Waals surface area contributed by atoms with Crippen LogP contribution < -0.4 is 14.8 Å². The van der Waals surface area contributed by atoms with Gasteiger partial charge in [-0.05, 0) is 19.0 Å². The molecule has 110 valence electrons. The Morgan fingerprint density at radius 3 is 2.60 bits per heavy atom. The average Bonchev–Trinajstić information content (AvgIpc) is 2.64. The summed E-state index contributed by atoms with van der Waals surface area (Å²) < 4.78 is 11.5. The lowest BCUT2D eigenvalue weighted by Gasteiger charge is -2.20. The molecule has 0 saturated heterocycles. The zero-order valence-electron chi connectivity index (χ0n) is 12.1. The Kier molecular flexibility index (Phi) is 4.89. The molecule has 0 unspecified atom stereocenters. The minimum absolute atomic E-state index is 0.00810. The second-order valence-corrected chi connectivity index (χ2v) is 5.54. The summed E-state index contributed by atoms with van der Waals surface area (Å²) in [5.41, 5.74) is 1.50. The average molecular weight is 298 g/mol. The first-order valence-electron chi connectivity index (χ1n) is 6.86. The van der Waals surface area contributed by atoms with Gasteiger partial charge in [0, 0.05) is 17.5 Å². The lowest BCUT2D eigenvalue weighted by atomic mass is 9.93. The molecule has 0 spiro atoms. The standard InChI is InChI=1S/C15H20ClNO3/c1-9(2)13-10(12(18)8-17-3)7-11(16)14-15(13)20-6-4-5-19-14/h7,9,17H,4-6,8H2,1-3H3. The van der Waals surface area contributed by atoms with Gasteiger partial charge in [0.15, 0.2) is 17.3 Å². The van der Waals surface area contributed by atoms with Crippen molar-refractivity contribution in [2.24, 2.45) is 0 Å². The molecule has 1 heterocycles. The highest BCUT2D eigenvalue weighted by Gasteiger charge is 2.26. The van der Waals surface area contributed by atoms with Crippen molar-refractivity contribution in [1.82, 2.24) is 5.32 Å². The van der Waals surface area contributed by atoms with Gasteiger partial charge < -0.3 is 14.8 Å². The number of carbonyl (C=O) groups is 1. The first-order chi connectivity index (χ1) is 9.56. The monoisotopic (exact) mass is 297 g/mol. The topological polar surface area (TPSA) is 47.6 Å². The van der Waals surface area contributed by atoms with Gasteiger partial charge in [-0.2, -0.15) is 0 Å². The highest BCUT2D eigenvalue weighted by molar-refractivity contribution is 6.33. The van der Waals surface area contributed by atoms with Crippen molar-refractivity contribution >= 4 is 17.4 Å². The number of fused-ring (bicyclic) bond motifs is 1. The summed E-state index contributed by atoms with van der Waals surface area (Å²) in [5, 5.41) is 3.32. The number of hydrogen-bond acceptors (Lipinski definition) is 4. The molecule has 0 saturated carbocycles. The van der Waals surface area contributed by atoms with E-state index in [0.717, 1.165) is 12.0 Å². The van der Waals surface area contributed by atoms with Crippen molar-refractivity contribution in [1.29, 1.82) is 0 Å². The highest BCUT2D eigenvalue weighted by atomic mass is 35.5. The first kappa shape index (κ1) is 15.1. The van der Waals surface area contributed by atoms with Gasteiger partial charge in [-0.3, -0.25) is 4.79 Å². The fourth-order valence-electron chi connectivity index (χ4n) is 2.37. The molecule has 4 nitrogen and oxygen atoms in total. The van der Waals surface area contributed by atoms with Crippen molar-refractivity contribution in [2.45, 2.75) is 26.2 Å². The Hall–Kier alpha value is -1.26. The van der Waals surface area contributed by atoms with Gasteiger partial charge in [0.05, 0.1) is 24.8 Å². The molecule has 0 aliphatic carbocycles. The maximum absolute atomic E-state index is 12.3. The number of nitrogens with one attached hydrogen (secondary N) is 1. The molecular formula is C15H20ClNO3. The molecular weight excluding hydrogens is 278 g/mol. The summed E-state index contributed by atoms with van der Waals surface area (Å²) in [6.07, 6.45) is 0.808. The number of halogens is 1. The van der Waals surface area contributed by atoms with E-state index >= 15 is 0 Å². The van der Waals surface area contributed by atoms with Gasteiger partial charge in [-0.25, -0.2) is 0 Å². The van der Waals surface area contributed by atoms with Crippen LogP contribution in [-0.2, 0) is 0 Å². The Balaban J connectivity index is 2.60. The van der Waals surface area contributed by atoms with E-state index in [0.29, 0.717) is 35.3 Å². The number of benzene rings is 1. The molecule has 1 N–H and O–H groups in total. The second-order valence-electron chi connectivity index (χ2n) is 5.14. The van der Waals surface area contributed by atoms with Crippen molar-refractivity contribution < 1.29 is 14.3 Å². The zero-order valence-corrected chi connectivity index (χ0v) is 12.8. The van der Waals surface area contributed by atoms with Gasteiger partial charge in [0.2, 0.25) is 0 Å². The van der Waals surface area contributed by atoms with Crippen molar-refractivity contribution in [3.8, 4) is 11.5 Å². The van der Waals surface area contributed by atoms with E-state index in [-0.39, 0.29) is 18.2 Å². The minimum atomic E-state index is 0.00810. The molecule has 0 atom stereocenters. The van der Waals surface area contributed by atoms with E-state index in [2.05, 4.69) is 5.32 Å². The molecule has 1 aliphatic heterocycles. The van der Waals surface area contributed by atoms with Crippen LogP contribution in [0.4, 0.5) is 0 Å². The molecule has 20 heavy (non-hydrogen) atoms. The summed E-state index contributed by atoms with van der Waals surface area (Å²) in [4.78, 5) is 12.3. The van der Waals surface area contributed by atoms with Crippen molar-refractivity contribution in [3.63, 3.8) is 0 Å². The van der Waals surface area contributed by atoms with Crippen LogP contribution in [0.1, 0.15) is 42.1 Å². The molecule has 2 rings (SSSR count). The highest BCUT2D eigenvalue weighted by Crippen LogP contribution is 2.44. The van der Waals surface area contributed by atoms with Crippen LogP contribution in [0.2, 0.25) is 5.02 Å². The maximum Gasteiger partial charge on any atom is 0.180 e. The second kappa shape index (κ2) is 6.46. The number of rotatable bonds is 4. The number of carbonyl (C=O) groups excluding carboxylic acids is 1. The quantitative estimate of drug-likeness (QED) is 0.868. The maximum atomic E-state index is 12.3. The summed E-state index contributed by atoms with van der Waals surface area (Å²) in [6.45, 7) is 5.50. The Labute approximate surface area is 124 Å². The molecule has 0 aromatic heterocycles. The van der Waals surface area contributed by atoms with E-state index in [1.165, 1.54) is 0 Å². The molecule has 0 radical (unpaired) electrons. The van der Waals surface area contributed by atoms with Crippen LogP contribution in [-0.4, -0.2) is 32.6 Å². The van der Waals surface area contributed by atoms with Crippen LogP contribution in [0.3, 0.4) is 0 Å². The summed E-state index contributed by atoms with van der Waals surface area (Å²) in [5.74, 6) is 1.35. The van der Waals surface area contributed by atoms with E-state index in [9.17, 15) is 4.79 Å². The summed E-state index contributed by atoms with van der Waals surface area (Å²) in [7, 11) is 1.75. The molecule has 0 fully saturated rings. The van der Waals surface area contributed by atoms with Crippen LogP contribution >= 0.6 is 11.6 Å². The van der Waals surface area contributed by atoms with E-state index in [1.807, 2.05) is 13.8 Å². The third-order valence-corrected chi connectivity index (χ3v) is 3.51. The molecule has 0 amide bonds. The molecule has 0 bridgehead atoms. The summed E-state index contributed by atoms with van der Waals surface area (Å²) >= 11 is 6.26. The smallest absolute Gasteiger partial charge is 0.180 e. The van der Waals surface area contributed by atoms with Gasteiger partial charge in [-0.15, -0.1) is 0 Å². The Morgan fingerprint density at radius 2 is 2.00 bits per heavy atom. The van der Waals surface area contributed by atoms with Crippen LogP contribution in [0, 0.1) is 0 Å². The largest absolute Gasteiger partial charge is 0.489 e. The first-order valence-corrected chi connectivity index (χ1v) is 7.23. The third-order valence-electron chi connectivity index (χ3n) is 3.23. The molecule has 1 aliphatic rings. The van der Waals surface area contributed by atoms with Gasteiger partial charge >= 0.3 is 0 Å². The minimum Gasteiger partial charge on any atom is -0.489 e. The predicted molar refractivity (Wildman–Crippen MR) is 79.4 cm³/mol. The van der Waals surface area contributed by atoms with E-state index in [1.54, 1.807) is 13.1 Å².